The van der Waals surface area contributed by atoms with Crippen LogP contribution in [0.25, 0.3) is 0 Å². The number of nitrogens with two attached hydrogens (primary N) is 1. The largest absolute Gasteiger partial charge is 0.394 e. The van der Waals surface area contributed by atoms with Crippen LogP contribution in [0, 0.1) is 11.3 Å². The van der Waals surface area contributed by atoms with Crippen LogP contribution >= 0.6 is 0 Å². The van der Waals surface area contributed by atoms with E-state index in [9.17, 15) is 0 Å². The van der Waals surface area contributed by atoms with E-state index in [1.165, 1.54) is 12.7 Å². The summed E-state index contributed by atoms with van der Waals surface area (Å²) < 4.78 is 0. The highest BCUT2D eigenvalue weighted by Gasteiger charge is 2.45. The van der Waals surface area contributed by atoms with Crippen LogP contribution in [0.3, 0.4) is 0 Å². The lowest BCUT2D eigenvalue weighted by Gasteiger charge is -2.08. The maximum atomic E-state index is 5.71. The molecule has 1 atom stereocenters. The van der Waals surface area contributed by atoms with Crippen molar-refractivity contribution >= 4 is 11.5 Å². The van der Waals surface area contributed by atoms with Gasteiger partial charge < -0.3 is 11.1 Å². The molecule has 0 bridgehead atoms. The highest BCUT2D eigenvalue weighted by atomic mass is 15.0. The van der Waals surface area contributed by atoms with Gasteiger partial charge in [-0.3, -0.25) is 0 Å². The van der Waals surface area contributed by atoms with Gasteiger partial charge >= 0.3 is 0 Å². The van der Waals surface area contributed by atoms with Crippen molar-refractivity contribution in [3.8, 4) is 0 Å². The molecule has 76 valence electrons. The van der Waals surface area contributed by atoms with Gasteiger partial charge in [0.15, 0.2) is 5.82 Å². The minimum Gasteiger partial charge on any atom is -0.394 e. The topological polar surface area (TPSA) is 63.8 Å². The van der Waals surface area contributed by atoms with Crippen LogP contribution in [0.5, 0.6) is 0 Å². The Morgan fingerprint density at radius 1 is 1.64 bits per heavy atom. The van der Waals surface area contributed by atoms with E-state index in [1.54, 1.807) is 6.20 Å². The Labute approximate surface area is 83.9 Å². The van der Waals surface area contributed by atoms with Crippen molar-refractivity contribution in [2.45, 2.75) is 20.3 Å². The maximum Gasteiger partial charge on any atom is 0.152 e. The molecule has 1 aliphatic carbocycles. The highest BCUT2D eigenvalue weighted by Crippen LogP contribution is 2.51. The first-order valence-corrected chi connectivity index (χ1v) is 4.89. The minimum absolute atomic E-state index is 0.495. The van der Waals surface area contributed by atoms with Crippen LogP contribution < -0.4 is 11.1 Å². The fourth-order valence-corrected chi connectivity index (χ4v) is 1.63. The van der Waals surface area contributed by atoms with Gasteiger partial charge in [-0.2, -0.15) is 0 Å². The van der Waals surface area contributed by atoms with Crippen molar-refractivity contribution in [2.75, 3.05) is 17.6 Å². The standard InChI is InChI=1S/C10H16N4/c1-10(2)3-7(10)4-13-9-8(11)5-12-6-14-9/h5-7H,3-4,11H2,1-2H3,(H,12,13,14). The Hall–Kier alpha value is -1.32. The molecule has 1 fully saturated rings. The Bertz CT molecular complexity index is 335. The molecule has 2 rings (SSSR count). The lowest BCUT2D eigenvalue weighted by Crippen LogP contribution is -2.10. The Morgan fingerprint density at radius 2 is 2.36 bits per heavy atom. The summed E-state index contributed by atoms with van der Waals surface area (Å²) in [5.74, 6) is 1.50. The van der Waals surface area contributed by atoms with E-state index in [1.807, 2.05) is 0 Å². The van der Waals surface area contributed by atoms with E-state index in [2.05, 4.69) is 29.1 Å². The summed E-state index contributed by atoms with van der Waals surface area (Å²) in [7, 11) is 0. The number of anilines is 2. The fourth-order valence-electron chi connectivity index (χ4n) is 1.63. The van der Waals surface area contributed by atoms with Crippen LogP contribution in [0.1, 0.15) is 20.3 Å². The van der Waals surface area contributed by atoms with Gasteiger partial charge in [0.25, 0.3) is 0 Å². The van der Waals surface area contributed by atoms with Crippen LogP contribution in [0.15, 0.2) is 12.5 Å². The van der Waals surface area contributed by atoms with Crippen LogP contribution in [-0.4, -0.2) is 16.5 Å². The first-order chi connectivity index (χ1) is 6.59. The summed E-state index contributed by atoms with van der Waals surface area (Å²) in [6, 6.07) is 0. The summed E-state index contributed by atoms with van der Waals surface area (Å²) in [6.45, 7) is 5.51. The second-order valence-corrected chi connectivity index (χ2v) is 4.60. The third kappa shape index (κ3) is 1.78. The number of hydrogen-bond acceptors (Lipinski definition) is 4. The Morgan fingerprint density at radius 3 is 2.93 bits per heavy atom. The van der Waals surface area contributed by atoms with Gasteiger partial charge in [-0.15, -0.1) is 0 Å². The molecule has 0 amide bonds. The molecule has 4 heteroatoms. The number of nitrogens with one attached hydrogen (secondary N) is 1. The monoisotopic (exact) mass is 192 g/mol. The quantitative estimate of drug-likeness (QED) is 0.762. The third-order valence-electron chi connectivity index (χ3n) is 2.97. The SMILES string of the molecule is CC1(C)CC1CNc1ncncc1N. The minimum atomic E-state index is 0.495. The third-order valence-corrected chi connectivity index (χ3v) is 2.97. The van der Waals surface area contributed by atoms with Crippen molar-refractivity contribution in [2.24, 2.45) is 11.3 Å². The summed E-state index contributed by atoms with van der Waals surface area (Å²) in [5, 5.41) is 3.25. The van der Waals surface area contributed by atoms with Crippen molar-refractivity contribution in [1.82, 2.24) is 9.97 Å². The molecule has 0 aromatic carbocycles. The first kappa shape index (κ1) is 9.24. The Kier molecular flexibility index (Phi) is 2.06. The fraction of sp³-hybridized carbons (Fsp3) is 0.600. The van der Waals surface area contributed by atoms with Crippen molar-refractivity contribution in [1.29, 1.82) is 0 Å². The molecule has 0 aliphatic heterocycles. The molecule has 1 aromatic heterocycles. The van der Waals surface area contributed by atoms with Crippen molar-refractivity contribution in [3.05, 3.63) is 12.5 Å². The average molecular weight is 192 g/mol. The predicted molar refractivity (Wildman–Crippen MR) is 56.8 cm³/mol. The number of nitrogens with zero attached hydrogens (tertiary/aromatic N) is 2. The van der Waals surface area contributed by atoms with E-state index < -0.39 is 0 Å². The highest BCUT2D eigenvalue weighted by molar-refractivity contribution is 5.58. The van der Waals surface area contributed by atoms with E-state index in [0.717, 1.165) is 18.3 Å². The predicted octanol–water partition coefficient (Wildman–Crippen LogP) is 1.52. The molecule has 1 saturated carbocycles. The number of rotatable bonds is 3. The van der Waals surface area contributed by atoms with Crippen LogP contribution in [-0.2, 0) is 0 Å². The van der Waals surface area contributed by atoms with Crippen molar-refractivity contribution in [3.63, 3.8) is 0 Å². The molecule has 3 N–H and O–H groups in total. The molecule has 0 spiro atoms. The molecule has 1 unspecified atom stereocenters. The summed E-state index contributed by atoms with van der Waals surface area (Å²) in [4.78, 5) is 7.92. The Balaban J connectivity index is 1.90. The lowest BCUT2D eigenvalue weighted by atomic mass is 10.1. The molecular formula is C10H16N4. The summed E-state index contributed by atoms with van der Waals surface area (Å²) >= 11 is 0. The summed E-state index contributed by atoms with van der Waals surface area (Å²) in [6.07, 6.45) is 4.41. The van der Waals surface area contributed by atoms with Crippen molar-refractivity contribution < 1.29 is 0 Å². The van der Waals surface area contributed by atoms with Gasteiger partial charge in [-0.05, 0) is 17.8 Å². The van der Waals surface area contributed by atoms with Gasteiger partial charge in [0.05, 0.1) is 11.9 Å². The first-order valence-electron chi connectivity index (χ1n) is 4.89. The van der Waals surface area contributed by atoms with Gasteiger partial charge in [0, 0.05) is 6.54 Å². The van der Waals surface area contributed by atoms with E-state index >= 15 is 0 Å². The molecule has 14 heavy (non-hydrogen) atoms. The number of nitrogen functional groups attached to an aromatic ring is 1. The van der Waals surface area contributed by atoms with E-state index in [4.69, 9.17) is 5.73 Å². The van der Waals surface area contributed by atoms with Crippen LogP contribution in [0.2, 0.25) is 0 Å². The molecular weight excluding hydrogens is 176 g/mol. The second kappa shape index (κ2) is 3.12. The number of hydrogen-bond donors (Lipinski definition) is 2. The maximum absolute atomic E-state index is 5.71. The molecule has 1 aliphatic rings. The molecule has 0 saturated heterocycles. The second-order valence-electron chi connectivity index (χ2n) is 4.60. The van der Waals surface area contributed by atoms with Gasteiger partial charge in [-0.25, -0.2) is 9.97 Å². The molecule has 0 radical (unpaired) electrons. The van der Waals surface area contributed by atoms with Crippen LogP contribution in [0.4, 0.5) is 11.5 Å². The normalized spacial score (nSPS) is 23.1. The van der Waals surface area contributed by atoms with Gasteiger partial charge in [0.1, 0.15) is 6.33 Å². The lowest BCUT2D eigenvalue weighted by molar-refractivity contribution is 0.573. The number of aromatic nitrogens is 2. The zero-order valence-electron chi connectivity index (χ0n) is 8.62. The zero-order chi connectivity index (χ0) is 10.2. The smallest absolute Gasteiger partial charge is 0.152 e. The van der Waals surface area contributed by atoms with E-state index in [0.29, 0.717) is 11.1 Å². The molecule has 1 aromatic rings. The molecule has 4 nitrogen and oxygen atoms in total. The average Bonchev–Trinajstić information content (AvgIpc) is 2.73. The van der Waals surface area contributed by atoms with Gasteiger partial charge in [0.2, 0.25) is 0 Å². The summed E-state index contributed by atoms with van der Waals surface area (Å²) in [5.41, 5.74) is 6.82. The van der Waals surface area contributed by atoms with E-state index in [-0.39, 0.29) is 0 Å². The zero-order valence-corrected chi connectivity index (χ0v) is 8.62. The van der Waals surface area contributed by atoms with Gasteiger partial charge in [-0.1, -0.05) is 13.8 Å². The molecule has 1 heterocycles.